The third kappa shape index (κ3) is 3.76. The summed E-state index contributed by atoms with van der Waals surface area (Å²) >= 11 is 4.93. The van der Waals surface area contributed by atoms with Crippen molar-refractivity contribution in [2.24, 2.45) is 0 Å². The Hall–Kier alpha value is -2.47. The highest BCUT2D eigenvalue weighted by Gasteiger charge is 2.16. The van der Waals surface area contributed by atoms with Gasteiger partial charge in [0.25, 0.3) is 0 Å². The quantitative estimate of drug-likeness (QED) is 0.507. The van der Waals surface area contributed by atoms with Gasteiger partial charge in [-0.25, -0.2) is 5.43 Å². The van der Waals surface area contributed by atoms with Crippen LogP contribution in [-0.2, 0) is 0 Å². The SMILES string of the molecule is O=C(c1ccccc1)N(F)NC(=S)Nc1ccccc1. The molecule has 0 heterocycles. The number of rotatable bonds is 2. The van der Waals surface area contributed by atoms with E-state index in [4.69, 9.17) is 12.2 Å². The number of halogens is 1. The van der Waals surface area contributed by atoms with Crippen LogP contribution in [0.3, 0.4) is 0 Å². The number of hydrazine groups is 1. The van der Waals surface area contributed by atoms with Gasteiger partial charge in [-0.2, -0.15) is 0 Å². The lowest BCUT2D eigenvalue weighted by molar-refractivity contribution is 0.00340. The lowest BCUT2D eigenvalue weighted by Gasteiger charge is -2.15. The number of amides is 1. The number of hydrogen-bond acceptors (Lipinski definition) is 2. The number of nitrogens with zero attached hydrogens (tertiary/aromatic N) is 1. The van der Waals surface area contributed by atoms with Crippen LogP contribution in [0.5, 0.6) is 0 Å². The first-order chi connectivity index (χ1) is 9.66. The van der Waals surface area contributed by atoms with Gasteiger partial charge in [-0.15, -0.1) is 0 Å². The first-order valence-electron chi connectivity index (χ1n) is 5.85. The molecule has 0 saturated carbocycles. The summed E-state index contributed by atoms with van der Waals surface area (Å²) in [7, 11) is 0. The summed E-state index contributed by atoms with van der Waals surface area (Å²) in [4.78, 5) is 11.7. The first-order valence-corrected chi connectivity index (χ1v) is 6.25. The lowest BCUT2D eigenvalue weighted by atomic mass is 10.2. The van der Waals surface area contributed by atoms with Gasteiger partial charge in [-0.1, -0.05) is 46.1 Å². The molecule has 0 spiro atoms. The number of carbonyl (C=O) groups is 1. The fourth-order valence-electron chi connectivity index (χ4n) is 1.51. The molecule has 2 aromatic carbocycles. The molecule has 0 saturated heterocycles. The molecule has 0 aliphatic rings. The Kier molecular flexibility index (Phi) is 4.62. The molecule has 0 atom stereocenters. The Balaban J connectivity index is 1.93. The van der Waals surface area contributed by atoms with Gasteiger partial charge in [0.2, 0.25) is 0 Å². The van der Waals surface area contributed by atoms with Gasteiger partial charge in [0, 0.05) is 11.3 Å². The topological polar surface area (TPSA) is 44.4 Å². The van der Waals surface area contributed by atoms with Crippen molar-refractivity contribution in [3.05, 3.63) is 66.2 Å². The highest BCUT2D eigenvalue weighted by molar-refractivity contribution is 7.80. The minimum absolute atomic E-state index is 0.0111. The number of hydrogen-bond donors (Lipinski definition) is 2. The van der Waals surface area contributed by atoms with Crippen molar-refractivity contribution in [3.8, 4) is 0 Å². The summed E-state index contributed by atoms with van der Waals surface area (Å²) in [6.45, 7) is 0. The van der Waals surface area contributed by atoms with Crippen LogP contribution in [0.25, 0.3) is 0 Å². The summed E-state index contributed by atoms with van der Waals surface area (Å²) in [6, 6.07) is 17.1. The molecular weight excluding hydrogens is 277 g/mol. The van der Waals surface area contributed by atoms with Crippen LogP contribution >= 0.6 is 12.2 Å². The van der Waals surface area contributed by atoms with Crippen LogP contribution in [-0.4, -0.2) is 16.3 Å². The van der Waals surface area contributed by atoms with Gasteiger partial charge in [0.15, 0.2) is 5.11 Å². The van der Waals surface area contributed by atoms with Crippen LogP contribution in [0, 0.1) is 0 Å². The summed E-state index contributed by atoms with van der Waals surface area (Å²) in [5, 5.41) is 2.61. The van der Waals surface area contributed by atoms with Crippen molar-refractivity contribution in [2.45, 2.75) is 0 Å². The third-order valence-corrected chi connectivity index (χ3v) is 2.62. The third-order valence-electron chi connectivity index (χ3n) is 2.43. The monoisotopic (exact) mass is 289 g/mol. The fourth-order valence-corrected chi connectivity index (χ4v) is 1.71. The van der Waals surface area contributed by atoms with Crippen molar-refractivity contribution < 1.29 is 9.28 Å². The molecular formula is C14H12FN3OS. The van der Waals surface area contributed by atoms with Crippen LogP contribution in [0.2, 0.25) is 0 Å². The molecule has 4 nitrogen and oxygen atoms in total. The van der Waals surface area contributed by atoms with Crippen molar-refractivity contribution >= 4 is 28.9 Å². The molecule has 1 amide bonds. The Morgan fingerprint density at radius 1 is 1.00 bits per heavy atom. The van der Waals surface area contributed by atoms with E-state index in [9.17, 15) is 9.28 Å². The van der Waals surface area contributed by atoms with E-state index in [0.717, 1.165) is 0 Å². The van der Waals surface area contributed by atoms with E-state index in [2.05, 4.69) is 10.7 Å². The molecule has 2 aromatic rings. The second-order valence-corrected chi connectivity index (χ2v) is 4.29. The van der Waals surface area contributed by atoms with Gasteiger partial charge in [-0.3, -0.25) is 4.79 Å². The summed E-state index contributed by atoms with van der Waals surface area (Å²) in [6.07, 6.45) is 0. The number of nitrogens with one attached hydrogen (secondary N) is 2. The van der Waals surface area contributed by atoms with Gasteiger partial charge in [0.05, 0.1) is 0 Å². The van der Waals surface area contributed by atoms with E-state index >= 15 is 0 Å². The molecule has 0 radical (unpaired) electrons. The van der Waals surface area contributed by atoms with Crippen LogP contribution < -0.4 is 10.7 Å². The fraction of sp³-hybridized carbons (Fsp3) is 0. The maximum atomic E-state index is 13.7. The largest absolute Gasteiger partial charge is 0.331 e. The average molecular weight is 289 g/mol. The summed E-state index contributed by atoms with van der Waals surface area (Å²) < 4.78 is 13.7. The van der Waals surface area contributed by atoms with Crippen LogP contribution in [0.4, 0.5) is 10.2 Å². The van der Waals surface area contributed by atoms with Crippen LogP contribution in [0.1, 0.15) is 10.4 Å². The molecule has 20 heavy (non-hydrogen) atoms. The zero-order chi connectivity index (χ0) is 14.4. The predicted molar refractivity (Wildman–Crippen MR) is 79.5 cm³/mol. The Morgan fingerprint density at radius 3 is 2.15 bits per heavy atom. The second kappa shape index (κ2) is 6.63. The Morgan fingerprint density at radius 2 is 1.55 bits per heavy atom. The van der Waals surface area contributed by atoms with Gasteiger partial charge >= 0.3 is 5.91 Å². The van der Waals surface area contributed by atoms with Gasteiger partial charge in [0.1, 0.15) is 0 Å². The molecule has 0 bridgehead atoms. The molecule has 2 N–H and O–H groups in total. The van der Waals surface area contributed by atoms with E-state index in [-0.39, 0.29) is 15.9 Å². The zero-order valence-corrected chi connectivity index (χ0v) is 11.2. The highest BCUT2D eigenvalue weighted by Crippen LogP contribution is 2.06. The Bertz CT molecular complexity index is 592. The smallest absolute Gasteiger partial charge is 0.302 e. The van der Waals surface area contributed by atoms with E-state index in [0.29, 0.717) is 5.69 Å². The van der Waals surface area contributed by atoms with E-state index in [1.54, 1.807) is 30.3 Å². The zero-order valence-electron chi connectivity index (χ0n) is 10.4. The molecule has 2 rings (SSSR count). The van der Waals surface area contributed by atoms with E-state index in [1.165, 1.54) is 12.1 Å². The molecule has 102 valence electrons. The summed E-state index contributed by atoms with van der Waals surface area (Å²) in [5.41, 5.74) is 3.09. The molecule has 0 fully saturated rings. The minimum atomic E-state index is -0.817. The predicted octanol–water partition coefficient (Wildman–Crippen LogP) is 2.91. The lowest BCUT2D eigenvalue weighted by Crippen LogP contribution is -2.42. The van der Waals surface area contributed by atoms with E-state index < -0.39 is 5.91 Å². The second-order valence-electron chi connectivity index (χ2n) is 3.88. The molecule has 6 heteroatoms. The maximum absolute atomic E-state index is 13.7. The minimum Gasteiger partial charge on any atom is -0.331 e. The number of benzene rings is 2. The molecule has 0 aromatic heterocycles. The maximum Gasteiger partial charge on any atom is 0.302 e. The van der Waals surface area contributed by atoms with Crippen molar-refractivity contribution in [1.82, 2.24) is 10.7 Å². The van der Waals surface area contributed by atoms with E-state index in [1.807, 2.05) is 18.2 Å². The first kappa shape index (κ1) is 14.0. The molecule has 0 aliphatic heterocycles. The van der Waals surface area contributed by atoms with Crippen LogP contribution in [0.15, 0.2) is 60.7 Å². The molecule has 0 unspecified atom stereocenters. The number of para-hydroxylation sites is 1. The normalized spacial score (nSPS) is 9.65. The standard InChI is InChI=1S/C14H12FN3OS/c15-18(13(19)11-7-3-1-4-8-11)17-14(20)16-12-9-5-2-6-10-12/h1-10H,(H2,16,17,20). The van der Waals surface area contributed by atoms with Crippen molar-refractivity contribution in [1.29, 1.82) is 0 Å². The van der Waals surface area contributed by atoms with Crippen molar-refractivity contribution in [2.75, 3.05) is 5.32 Å². The summed E-state index contributed by atoms with van der Waals surface area (Å²) in [5.74, 6) is -0.817. The highest BCUT2D eigenvalue weighted by atomic mass is 32.1. The Labute approximate surface area is 121 Å². The average Bonchev–Trinajstić information content (AvgIpc) is 2.48. The van der Waals surface area contributed by atoms with Gasteiger partial charge in [-0.05, 0) is 36.5 Å². The number of carbonyl (C=O) groups excluding carboxylic acids is 1. The molecule has 0 aliphatic carbocycles. The van der Waals surface area contributed by atoms with Gasteiger partial charge < -0.3 is 5.32 Å². The van der Waals surface area contributed by atoms with Crippen molar-refractivity contribution in [3.63, 3.8) is 0 Å². The number of anilines is 1. The number of thiocarbonyl (C=S) groups is 1.